The van der Waals surface area contributed by atoms with Gasteiger partial charge in [0.1, 0.15) is 0 Å². The quantitative estimate of drug-likeness (QED) is 0.528. The molecule has 3 aliphatic carbocycles. The Kier molecular flexibility index (Phi) is 4.00. The van der Waals surface area contributed by atoms with Crippen LogP contribution in [0.4, 0.5) is 0 Å². The topological polar surface area (TPSA) is 0 Å². The largest absolute Gasteiger partial charge is 0.0736 e. The number of allylic oxidation sites excluding steroid dienone is 8. The zero-order valence-electron chi connectivity index (χ0n) is 15.3. The van der Waals surface area contributed by atoms with Crippen molar-refractivity contribution in [2.45, 2.75) is 73.6 Å². The highest BCUT2D eigenvalue weighted by molar-refractivity contribution is 5.49. The van der Waals surface area contributed by atoms with Gasteiger partial charge in [-0.05, 0) is 81.1 Å². The summed E-state index contributed by atoms with van der Waals surface area (Å²) in [4.78, 5) is 0. The first-order valence-electron chi connectivity index (χ1n) is 9.11. The molecule has 0 N–H and O–H groups in total. The molecular formula is C22H32. The van der Waals surface area contributed by atoms with E-state index in [-0.39, 0.29) is 5.41 Å². The highest BCUT2D eigenvalue weighted by atomic mass is 14.5. The summed E-state index contributed by atoms with van der Waals surface area (Å²) in [5, 5.41) is 0. The van der Waals surface area contributed by atoms with Crippen molar-refractivity contribution in [1.82, 2.24) is 0 Å². The Morgan fingerprint density at radius 3 is 1.68 bits per heavy atom. The van der Waals surface area contributed by atoms with Gasteiger partial charge in [0.25, 0.3) is 0 Å². The minimum Gasteiger partial charge on any atom is -0.0736 e. The smallest absolute Gasteiger partial charge is 0.00729 e. The summed E-state index contributed by atoms with van der Waals surface area (Å²) in [5.74, 6) is 1.21. The molecule has 0 saturated heterocycles. The highest BCUT2D eigenvalue weighted by Crippen LogP contribution is 2.53. The van der Waals surface area contributed by atoms with Crippen LogP contribution >= 0.6 is 0 Å². The third-order valence-electron chi connectivity index (χ3n) is 6.78. The lowest BCUT2D eigenvalue weighted by Gasteiger charge is -2.38. The van der Waals surface area contributed by atoms with Gasteiger partial charge in [0.15, 0.2) is 0 Å². The maximum Gasteiger partial charge on any atom is 0.00729 e. The van der Waals surface area contributed by atoms with E-state index in [2.05, 4.69) is 53.7 Å². The molecule has 0 aromatic heterocycles. The molecule has 0 aromatic rings. The van der Waals surface area contributed by atoms with Crippen LogP contribution in [0.15, 0.2) is 45.6 Å². The fraction of sp³-hybridized carbons (Fsp3) is 0.636. The van der Waals surface area contributed by atoms with E-state index in [1.807, 2.05) is 0 Å². The van der Waals surface area contributed by atoms with E-state index in [0.717, 1.165) is 0 Å². The lowest BCUT2D eigenvalue weighted by Crippen LogP contribution is -2.31. The van der Waals surface area contributed by atoms with Crippen molar-refractivity contribution < 1.29 is 0 Å². The van der Waals surface area contributed by atoms with Gasteiger partial charge in [-0.1, -0.05) is 43.6 Å². The van der Waals surface area contributed by atoms with Crippen molar-refractivity contribution in [2.75, 3.05) is 0 Å². The Balaban J connectivity index is 1.94. The van der Waals surface area contributed by atoms with Crippen molar-refractivity contribution in [3.8, 4) is 0 Å². The van der Waals surface area contributed by atoms with Crippen molar-refractivity contribution in [3.05, 3.63) is 45.6 Å². The molecule has 1 saturated carbocycles. The standard InChI is InChI=1S/C22H32/c1-14-15(2)17(4)21(16(14)3)22(5,6)20-12-18-10-8-7-9-11-19(18)13-20/h12-13,20-21H,7-11H2,1-6H3. The normalized spacial score (nSPS) is 24.6. The van der Waals surface area contributed by atoms with E-state index in [9.17, 15) is 0 Å². The number of rotatable bonds is 2. The van der Waals surface area contributed by atoms with Gasteiger partial charge in [0.05, 0.1) is 0 Å². The Bertz CT molecular complexity index is 558. The third-order valence-corrected chi connectivity index (χ3v) is 6.78. The molecule has 3 aliphatic rings. The Hall–Kier alpha value is -1.04. The van der Waals surface area contributed by atoms with E-state index in [1.54, 1.807) is 22.3 Å². The van der Waals surface area contributed by atoms with Gasteiger partial charge in [-0.25, -0.2) is 0 Å². The molecule has 1 fully saturated rings. The first-order valence-corrected chi connectivity index (χ1v) is 9.11. The fourth-order valence-corrected chi connectivity index (χ4v) is 5.08. The predicted octanol–water partition coefficient (Wildman–Crippen LogP) is 6.76. The molecule has 22 heavy (non-hydrogen) atoms. The summed E-state index contributed by atoms with van der Waals surface area (Å²) in [5.41, 5.74) is 9.88. The molecule has 0 aromatic carbocycles. The van der Waals surface area contributed by atoms with Crippen LogP contribution in [-0.4, -0.2) is 0 Å². The zero-order valence-corrected chi connectivity index (χ0v) is 15.3. The molecular weight excluding hydrogens is 264 g/mol. The van der Waals surface area contributed by atoms with Crippen LogP contribution in [0.1, 0.15) is 73.6 Å². The molecule has 0 amide bonds. The van der Waals surface area contributed by atoms with Gasteiger partial charge in [-0.2, -0.15) is 0 Å². The summed E-state index contributed by atoms with van der Waals surface area (Å²) >= 11 is 0. The molecule has 0 bridgehead atoms. The Morgan fingerprint density at radius 2 is 1.23 bits per heavy atom. The van der Waals surface area contributed by atoms with Crippen molar-refractivity contribution >= 4 is 0 Å². The van der Waals surface area contributed by atoms with Gasteiger partial charge in [0.2, 0.25) is 0 Å². The summed E-state index contributed by atoms with van der Waals surface area (Å²) in [6, 6.07) is 0. The van der Waals surface area contributed by atoms with Crippen LogP contribution in [0, 0.1) is 17.3 Å². The molecule has 0 unspecified atom stereocenters. The van der Waals surface area contributed by atoms with Crippen molar-refractivity contribution in [2.24, 2.45) is 17.3 Å². The maximum atomic E-state index is 2.62. The SMILES string of the molecule is CC1=C(C)C(C(C)(C)C2C=C3CCCCCC3=C2)C(C)=C1C. The average molecular weight is 296 g/mol. The van der Waals surface area contributed by atoms with Crippen LogP contribution in [-0.2, 0) is 0 Å². The van der Waals surface area contributed by atoms with E-state index in [1.165, 1.54) is 43.3 Å². The number of fused-ring (bicyclic) bond motifs is 1. The van der Waals surface area contributed by atoms with Crippen molar-refractivity contribution in [1.29, 1.82) is 0 Å². The lowest BCUT2D eigenvalue weighted by atomic mass is 9.65. The Morgan fingerprint density at radius 1 is 0.773 bits per heavy atom. The first-order chi connectivity index (χ1) is 10.3. The first kappa shape index (κ1) is 15.8. The zero-order chi connectivity index (χ0) is 16.1. The third kappa shape index (κ3) is 2.36. The second-order valence-corrected chi connectivity index (χ2v) is 8.34. The molecule has 0 radical (unpaired) electrons. The van der Waals surface area contributed by atoms with Crippen LogP contribution in [0.25, 0.3) is 0 Å². The van der Waals surface area contributed by atoms with Gasteiger partial charge in [-0.3, -0.25) is 0 Å². The minimum absolute atomic E-state index is 0.277. The van der Waals surface area contributed by atoms with E-state index >= 15 is 0 Å². The second-order valence-electron chi connectivity index (χ2n) is 8.34. The summed E-state index contributed by atoms with van der Waals surface area (Å²) < 4.78 is 0. The van der Waals surface area contributed by atoms with Gasteiger partial charge >= 0.3 is 0 Å². The van der Waals surface area contributed by atoms with E-state index in [4.69, 9.17) is 0 Å². The van der Waals surface area contributed by atoms with Crippen molar-refractivity contribution in [3.63, 3.8) is 0 Å². The Labute approximate surface area is 137 Å². The minimum atomic E-state index is 0.277. The second kappa shape index (κ2) is 5.55. The monoisotopic (exact) mass is 296 g/mol. The summed E-state index contributed by atoms with van der Waals surface area (Å²) in [6.45, 7) is 14.3. The maximum absolute atomic E-state index is 2.62. The fourth-order valence-electron chi connectivity index (χ4n) is 5.08. The molecule has 0 atom stereocenters. The number of hydrogen-bond donors (Lipinski definition) is 0. The van der Waals surface area contributed by atoms with Gasteiger partial charge in [0, 0.05) is 11.8 Å². The van der Waals surface area contributed by atoms with Crippen LogP contribution in [0.5, 0.6) is 0 Å². The molecule has 120 valence electrons. The number of hydrogen-bond acceptors (Lipinski definition) is 0. The van der Waals surface area contributed by atoms with Gasteiger partial charge < -0.3 is 0 Å². The lowest BCUT2D eigenvalue weighted by molar-refractivity contribution is 0.233. The summed E-state index contributed by atoms with van der Waals surface area (Å²) in [7, 11) is 0. The molecule has 0 heterocycles. The van der Waals surface area contributed by atoms with Crippen LogP contribution in [0.2, 0.25) is 0 Å². The predicted molar refractivity (Wildman–Crippen MR) is 96.8 cm³/mol. The molecule has 0 spiro atoms. The molecule has 0 aliphatic heterocycles. The molecule has 0 heteroatoms. The summed E-state index contributed by atoms with van der Waals surface area (Å²) in [6.07, 6.45) is 12.0. The molecule has 3 rings (SSSR count). The van der Waals surface area contributed by atoms with Crippen LogP contribution < -0.4 is 0 Å². The molecule has 0 nitrogen and oxygen atoms in total. The van der Waals surface area contributed by atoms with Gasteiger partial charge in [-0.15, -0.1) is 0 Å². The van der Waals surface area contributed by atoms with E-state index in [0.29, 0.717) is 11.8 Å². The van der Waals surface area contributed by atoms with E-state index < -0.39 is 0 Å². The average Bonchev–Trinajstić information content (AvgIpc) is 2.86. The highest BCUT2D eigenvalue weighted by Gasteiger charge is 2.42. The van der Waals surface area contributed by atoms with Crippen LogP contribution in [0.3, 0.4) is 0 Å².